The summed E-state index contributed by atoms with van der Waals surface area (Å²) in [6.45, 7) is 4.58. The van der Waals surface area contributed by atoms with Crippen LogP contribution in [0.2, 0.25) is 0 Å². The van der Waals surface area contributed by atoms with E-state index >= 15 is 0 Å². The molecule has 0 amide bonds. The van der Waals surface area contributed by atoms with E-state index in [1.165, 1.54) is 12.8 Å². The van der Waals surface area contributed by atoms with Crippen molar-refractivity contribution in [3.05, 3.63) is 12.4 Å². The molecule has 3 heteroatoms. The molecule has 0 saturated heterocycles. The lowest BCUT2D eigenvalue weighted by molar-refractivity contribution is 0.534. The Morgan fingerprint density at radius 1 is 1.64 bits per heavy atom. The van der Waals surface area contributed by atoms with Gasteiger partial charge in [0.15, 0.2) is 0 Å². The van der Waals surface area contributed by atoms with Crippen LogP contribution in [0.3, 0.4) is 0 Å². The molecule has 1 aromatic rings. The third-order valence-electron chi connectivity index (χ3n) is 2.83. The largest absolute Gasteiger partial charge is 0.353 e. The van der Waals surface area contributed by atoms with Gasteiger partial charge in [0.2, 0.25) is 5.95 Å². The fourth-order valence-electron chi connectivity index (χ4n) is 1.96. The summed E-state index contributed by atoms with van der Waals surface area (Å²) in [6, 6.07) is 0.665. The monoisotopic (exact) mass is 193 g/mol. The summed E-state index contributed by atoms with van der Waals surface area (Å²) in [5.41, 5.74) is 0. The summed E-state index contributed by atoms with van der Waals surface area (Å²) in [5.74, 6) is 2.68. The second-order valence-corrected chi connectivity index (χ2v) is 4.74. The van der Waals surface area contributed by atoms with Gasteiger partial charge < -0.3 is 9.88 Å². The van der Waals surface area contributed by atoms with Crippen LogP contribution in [0.4, 0.5) is 5.95 Å². The van der Waals surface area contributed by atoms with E-state index in [2.05, 4.69) is 24.1 Å². The Morgan fingerprint density at radius 2 is 2.43 bits per heavy atom. The van der Waals surface area contributed by atoms with Crippen LogP contribution in [0.1, 0.15) is 26.7 Å². The minimum Gasteiger partial charge on any atom is -0.353 e. The van der Waals surface area contributed by atoms with Gasteiger partial charge >= 0.3 is 0 Å². The van der Waals surface area contributed by atoms with Gasteiger partial charge in [0.1, 0.15) is 0 Å². The van der Waals surface area contributed by atoms with Gasteiger partial charge in [-0.05, 0) is 24.7 Å². The molecule has 14 heavy (non-hydrogen) atoms. The zero-order valence-electron chi connectivity index (χ0n) is 9.20. The molecule has 1 N–H and O–H groups in total. The first-order valence-electron chi connectivity index (χ1n) is 5.40. The molecule has 2 unspecified atom stereocenters. The van der Waals surface area contributed by atoms with Crippen LogP contribution in [-0.2, 0) is 7.05 Å². The minimum atomic E-state index is 0.665. The summed E-state index contributed by atoms with van der Waals surface area (Å²) in [4.78, 5) is 4.26. The van der Waals surface area contributed by atoms with Gasteiger partial charge in [0.25, 0.3) is 0 Å². The molecule has 1 aromatic heterocycles. The van der Waals surface area contributed by atoms with E-state index < -0.39 is 0 Å². The van der Waals surface area contributed by atoms with Crippen molar-refractivity contribution < 1.29 is 0 Å². The maximum Gasteiger partial charge on any atom is 0.202 e. The predicted molar refractivity (Wildman–Crippen MR) is 58.2 cm³/mol. The number of aryl methyl sites for hydroxylation is 1. The standard InChI is InChI=1S/C11H19N3/c1-8(2)6-9-7-10(9)13-11-12-4-5-14(11)3/h4-5,8-10H,6-7H2,1-3H3,(H,12,13). The van der Waals surface area contributed by atoms with Gasteiger partial charge in [-0.15, -0.1) is 0 Å². The SMILES string of the molecule is CC(C)CC1CC1Nc1nccn1C. The van der Waals surface area contributed by atoms with Gasteiger partial charge in [0, 0.05) is 25.5 Å². The molecule has 3 nitrogen and oxygen atoms in total. The highest BCUT2D eigenvalue weighted by atomic mass is 15.2. The van der Waals surface area contributed by atoms with Crippen LogP contribution < -0.4 is 5.32 Å². The van der Waals surface area contributed by atoms with Crippen LogP contribution >= 0.6 is 0 Å². The van der Waals surface area contributed by atoms with E-state index in [0.29, 0.717) is 6.04 Å². The molecular formula is C11H19N3. The Bertz CT molecular complexity index is 303. The van der Waals surface area contributed by atoms with Crippen LogP contribution in [0, 0.1) is 11.8 Å². The van der Waals surface area contributed by atoms with Gasteiger partial charge in [-0.1, -0.05) is 13.8 Å². The Balaban J connectivity index is 1.82. The third kappa shape index (κ3) is 2.08. The molecule has 0 bridgehead atoms. The summed E-state index contributed by atoms with van der Waals surface area (Å²) >= 11 is 0. The molecule has 0 radical (unpaired) electrons. The highest BCUT2D eigenvalue weighted by Crippen LogP contribution is 2.38. The molecule has 0 spiro atoms. The fraction of sp³-hybridized carbons (Fsp3) is 0.727. The number of imidazole rings is 1. The zero-order valence-corrected chi connectivity index (χ0v) is 9.20. The lowest BCUT2D eigenvalue weighted by Gasteiger charge is -2.06. The maximum atomic E-state index is 4.26. The molecule has 1 aliphatic rings. The number of hydrogen-bond acceptors (Lipinski definition) is 2. The highest BCUT2D eigenvalue weighted by Gasteiger charge is 2.37. The van der Waals surface area contributed by atoms with Gasteiger partial charge in [-0.25, -0.2) is 4.98 Å². The third-order valence-corrected chi connectivity index (χ3v) is 2.83. The Hall–Kier alpha value is -0.990. The lowest BCUT2D eigenvalue weighted by atomic mass is 10.1. The summed E-state index contributed by atoms with van der Waals surface area (Å²) in [5, 5.41) is 3.47. The van der Waals surface area contributed by atoms with Crippen molar-refractivity contribution in [3.63, 3.8) is 0 Å². The van der Waals surface area contributed by atoms with E-state index in [1.54, 1.807) is 0 Å². The van der Waals surface area contributed by atoms with Crippen molar-refractivity contribution in [1.29, 1.82) is 0 Å². The van der Waals surface area contributed by atoms with Crippen LogP contribution in [0.15, 0.2) is 12.4 Å². The van der Waals surface area contributed by atoms with Gasteiger partial charge in [-0.3, -0.25) is 0 Å². The fourth-order valence-corrected chi connectivity index (χ4v) is 1.96. The topological polar surface area (TPSA) is 29.9 Å². The zero-order chi connectivity index (χ0) is 10.1. The average Bonchev–Trinajstić information content (AvgIpc) is 2.66. The lowest BCUT2D eigenvalue weighted by Crippen LogP contribution is -2.09. The van der Waals surface area contributed by atoms with Crippen LogP contribution in [0.25, 0.3) is 0 Å². The average molecular weight is 193 g/mol. The van der Waals surface area contributed by atoms with Crippen LogP contribution in [-0.4, -0.2) is 15.6 Å². The first-order valence-corrected chi connectivity index (χ1v) is 5.40. The molecule has 2 rings (SSSR count). The smallest absolute Gasteiger partial charge is 0.202 e. The van der Waals surface area contributed by atoms with Crippen molar-refractivity contribution in [1.82, 2.24) is 9.55 Å². The number of nitrogens with zero attached hydrogens (tertiary/aromatic N) is 2. The quantitative estimate of drug-likeness (QED) is 0.795. The second kappa shape index (κ2) is 3.64. The molecule has 1 saturated carbocycles. The second-order valence-electron chi connectivity index (χ2n) is 4.74. The van der Waals surface area contributed by atoms with E-state index in [-0.39, 0.29) is 0 Å². The molecule has 0 aromatic carbocycles. The Labute approximate surface area is 85.5 Å². The molecule has 1 fully saturated rings. The first kappa shape index (κ1) is 9.56. The maximum absolute atomic E-state index is 4.26. The number of aromatic nitrogens is 2. The van der Waals surface area contributed by atoms with E-state index in [0.717, 1.165) is 17.8 Å². The van der Waals surface area contributed by atoms with E-state index in [9.17, 15) is 0 Å². The molecule has 1 aliphatic carbocycles. The molecule has 0 aliphatic heterocycles. The summed E-state index contributed by atoms with van der Waals surface area (Å²) < 4.78 is 2.03. The van der Waals surface area contributed by atoms with Crippen molar-refractivity contribution >= 4 is 5.95 Å². The van der Waals surface area contributed by atoms with E-state index in [1.807, 2.05) is 24.0 Å². The molecule has 2 atom stereocenters. The van der Waals surface area contributed by atoms with E-state index in [4.69, 9.17) is 0 Å². The van der Waals surface area contributed by atoms with Crippen molar-refractivity contribution in [2.75, 3.05) is 5.32 Å². The first-order chi connectivity index (χ1) is 6.66. The summed E-state index contributed by atoms with van der Waals surface area (Å²) in [7, 11) is 2.02. The number of hydrogen-bond donors (Lipinski definition) is 1. The van der Waals surface area contributed by atoms with Crippen molar-refractivity contribution in [2.24, 2.45) is 18.9 Å². The number of rotatable bonds is 4. The van der Waals surface area contributed by atoms with Gasteiger partial charge in [-0.2, -0.15) is 0 Å². The number of anilines is 1. The summed E-state index contributed by atoms with van der Waals surface area (Å²) in [6.07, 6.45) is 6.46. The normalized spacial score (nSPS) is 25.4. The van der Waals surface area contributed by atoms with Crippen LogP contribution in [0.5, 0.6) is 0 Å². The minimum absolute atomic E-state index is 0.665. The van der Waals surface area contributed by atoms with Gasteiger partial charge in [0.05, 0.1) is 0 Å². The highest BCUT2D eigenvalue weighted by molar-refractivity contribution is 5.30. The number of nitrogens with one attached hydrogen (secondary N) is 1. The molecular weight excluding hydrogens is 174 g/mol. The Kier molecular flexibility index (Phi) is 2.48. The predicted octanol–water partition coefficient (Wildman–Crippen LogP) is 2.27. The van der Waals surface area contributed by atoms with Crippen molar-refractivity contribution in [2.45, 2.75) is 32.7 Å². The van der Waals surface area contributed by atoms with Crippen molar-refractivity contribution in [3.8, 4) is 0 Å². The molecule has 78 valence electrons. The molecule has 1 heterocycles. The Morgan fingerprint density at radius 3 is 3.00 bits per heavy atom.